The van der Waals surface area contributed by atoms with Crippen molar-refractivity contribution in [2.45, 2.75) is 34.3 Å². The van der Waals surface area contributed by atoms with Gasteiger partial charge in [0.05, 0.1) is 24.1 Å². The monoisotopic (exact) mass is 645 g/mol. The van der Waals surface area contributed by atoms with Crippen LogP contribution in [0.1, 0.15) is 15.9 Å². The minimum atomic E-state index is -0.422. The van der Waals surface area contributed by atoms with Crippen LogP contribution in [0.4, 0.5) is 4.39 Å². The van der Waals surface area contributed by atoms with Crippen molar-refractivity contribution in [3.05, 3.63) is 138 Å². The highest BCUT2D eigenvalue weighted by atomic mass is 32.2. The first kappa shape index (κ1) is 31.4. The third kappa shape index (κ3) is 8.35. The molecule has 0 saturated carbocycles. The fourth-order valence-electron chi connectivity index (χ4n) is 4.33. The van der Waals surface area contributed by atoms with Crippen LogP contribution in [0.2, 0.25) is 0 Å². The molecule has 0 aliphatic carbocycles. The topological polar surface area (TPSA) is 57.5 Å². The highest BCUT2D eigenvalue weighted by Gasteiger charge is 2.29. The van der Waals surface area contributed by atoms with Crippen LogP contribution in [-0.4, -0.2) is 40.7 Å². The normalized spacial score (nSPS) is 11.2. The summed E-state index contributed by atoms with van der Waals surface area (Å²) in [5.41, 5.74) is 0.861. The molecule has 0 heterocycles. The molecule has 218 valence electrons. The van der Waals surface area contributed by atoms with Gasteiger partial charge in [0.15, 0.2) is 20.5 Å². The van der Waals surface area contributed by atoms with Gasteiger partial charge in [-0.1, -0.05) is 42.1 Å². The lowest BCUT2D eigenvalue weighted by Crippen LogP contribution is -2.05. The summed E-state index contributed by atoms with van der Waals surface area (Å²) in [6, 6.07) is 38.7. The molecule has 3 nitrogen and oxygen atoms in total. The van der Waals surface area contributed by atoms with Gasteiger partial charge in [0.25, 0.3) is 0 Å². The fourth-order valence-corrected chi connectivity index (χ4v) is 8.50. The highest BCUT2D eigenvalue weighted by molar-refractivity contribution is 8.00. The zero-order chi connectivity index (χ0) is 30.0. The predicted octanol–water partition coefficient (Wildman–Crippen LogP) is 8.47. The Morgan fingerprint density at radius 1 is 0.605 bits per heavy atom. The molecule has 5 aromatic carbocycles. The van der Waals surface area contributed by atoms with E-state index in [9.17, 15) is 15.0 Å². The molecule has 43 heavy (non-hydrogen) atoms. The first-order chi connectivity index (χ1) is 21.1. The first-order valence-corrected chi connectivity index (χ1v) is 17.7. The summed E-state index contributed by atoms with van der Waals surface area (Å²) in [5.74, 6) is 0.689. The first-order valence-electron chi connectivity index (χ1n) is 13.6. The van der Waals surface area contributed by atoms with Gasteiger partial charge in [-0.3, -0.25) is 4.79 Å². The Balaban J connectivity index is 1.37. The average molecular weight is 646 g/mol. The third-order valence-corrected chi connectivity index (χ3v) is 11.6. The molecular weight excluding hydrogens is 616 g/mol. The van der Waals surface area contributed by atoms with Crippen molar-refractivity contribution in [1.82, 2.24) is 0 Å². The van der Waals surface area contributed by atoms with Gasteiger partial charge in [-0.2, -0.15) is 0 Å². The number of halogens is 1. The van der Waals surface area contributed by atoms with E-state index in [1.54, 1.807) is 59.9 Å². The molecule has 0 unspecified atom stereocenters. The molecule has 0 spiro atoms. The summed E-state index contributed by atoms with van der Waals surface area (Å²) in [6.07, 6.45) is 0. The van der Waals surface area contributed by atoms with Gasteiger partial charge < -0.3 is 10.2 Å². The van der Waals surface area contributed by atoms with E-state index in [1.807, 2.05) is 18.2 Å². The van der Waals surface area contributed by atoms with E-state index in [0.29, 0.717) is 27.5 Å². The summed E-state index contributed by atoms with van der Waals surface area (Å²) in [5, 5.41) is 18.4. The molecule has 0 saturated heterocycles. The summed E-state index contributed by atoms with van der Waals surface area (Å²) >= 11 is 4.58. The molecule has 0 fully saturated rings. The molecule has 0 bridgehead atoms. The average Bonchev–Trinajstić information content (AvgIpc) is 3.06. The molecule has 0 atom stereocenters. The number of aliphatic hydroxyl groups excluding tert-OH is 2. The van der Waals surface area contributed by atoms with Gasteiger partial charge >= 0.3 is 0 Å². The molecule has 0 amide bonds. The van der Waals surface area contributed by atoms with Crippen LogP contribution in [0.15, 0.2) is 156 Å². The standard InChI is InChI=1S/C35H30FO3S4/c36-33-24-26(35(39)25-4-2-1-3-5-25)6-19-34(33)42-29-11-17-32(18-12-29)43(30-13-7-27(8-14-30)40-22-20-37)31-15-9-28(10-16-31)41-23-21-38/h1-19,24,37-38H,20-23H2/q+1. The lowest BCUT2D eigenvalue weighted by atomic mass is 10.0. The van der Waals surface area contributed by atoms with Crippen molar-refractivity contribution < 1.29 is 19.4 Å². The zero-order valence-corrected chi connectivity index (χ0v) is 26.5. The van der Waals surface area contributed by atoms with Crippen LogP contribution in [0.25, 0.3) is 0 Å². The maximum atomic E-state index is 15.1. The van der Waals surface area contributed by atoms with E-state index >= 15 is 4.39 Å². The second-order valence-corrected chi connectivity index (χ2v) is 14.8. The Bertz CT molecular complexity index is 1580. The molecular formula is C35H30FO3S4+. The second-order valence-electron chi connectivity index (χ2n) is 9.31. The number of hydrogen-bond donors (Lipinski definition) is 2. The molecule has 0 aliphatic heterocycles. The van der Waals surface area contributed by atoms with Crippen LogP contribution in [0.5, 0.6) is 0 Å². The van der Waals surface area contributed by atoms with Crippen molar-refractivity contribution >= 4 is 52.0 Å². The third-order valence-electron chi connectivity index (χ3n) is 6.36. The van der Waals surface area contributed by atoms with E-state index in [4.69, 9.17) is 0 Å². The van der Waals surface area contributed by atoms with Gasteiger partial charge in [0.1, 0.15) is 5.82 Å². The summed E-state index contributed by atoms with van der Waals surface area (Å²) < 4.78 is 15.1. The fraction of sp³-hybridized carbons (Fsp3) is 0.114. The Morgan fingerprint density at radius 3 is 1.56 bits per heavy atom. The largest absolute Gasteiger partial charge is 0.396 e. The minimum absolute atomic E-state index is 0.141. The number of thioether (sulfide) groups is 2. The van der Waals surface area contributed by atoms with Gasteiger partial charge in [-0.05, 0) is 91.0 Å². The van der Waals surface area contributed by atoms with Crippen LogP contribution in [-0.2, 0) is 10.9 Å². The van der Waals surface area contributed by atoms with Crippen LogP contribution < -0.4 is 0 Å². The number of carbonyl (C=O) groups excluding carboxylic acids is 1. The van der Waals surface area contributed by atoms with Crippen molar-refractivity contribution in [1.29, 1.82) is 0 Å². The minimum Gasteiger partial charge on any atom is -0.396 e. The molecule has 2 N–H and O–H groups in total. The molecule has 0 aromatic heterocycles. The molecule has 0 aliphatic rings. The van der Waals surface area contributed by atoms with Crippen LogP contribution in [0.3, 0.4) is 0 Å². The van der Waals surface area contributed by atoms with Gasteiger partial charge in [0, 0.05) is 42.2 Å². The Kier molecular flexibility index (Phi) is 11.4. The summed E-state index contributed by atoms with van der Waals surface area (Å²) in [6.45, 7) is 0.281. The lowest BCUT2D eigenvalue weighted by molar-refractivity contribution is 0.103. The van der Waals surface area contributed by atoms with Crippen molar-refractivity contribution in [2.24, 2.45) is 0 Å². The van der Waals surface area contributed by atoms with Crippen LogP contribution >= 0.6 is 35.3 Å². The number of carbonyl (C=O) groups is 1. The summed E-state index contributed by atoms with van der Waals surface area (Å²) in [7, 11) is -0.367. The molecule has 5 aromatic rings. The zero-order valence-electron chi connectivity index (χ0n) is 23.2. The van der Waals surface area contributed by atoms with Gasteiger partial charge in [0.2, 0.25) is 0 Å². The molecule has 0 radical (unpaired) electrons. The Morgan fingerprint density at radius 2 is 1.09 bits per heavy atom. The van der Waals surface area contributed by atoms with E-state index in [1.165, 1.54) is 27.6 Å². The van der Waals surface area contributed by atoms with E-state index in [-0.39, 0.29) is 29.9 Å². The maximum absolute atomic E-state index is 15.1. The Hall–Kier alpha value is -2.98. The van der Waals surface area contributed by atoms with Gasteiger partial charge in [-0.25, -0.2) is 4.39 Å². The number of ketones is 1. The van der Waals surface area contributed by atoms with Crippen LogP contribution in [0, 0.1) is 5.82 Å². The summed E-state index contributed by atoms with van der Waals surface area (Å²) in [4.78, 5) is 19.8. The van der Waals surface area contributed by atoms with E-state index in [2.05, 4.69) is 60.7 Å². The lowest BCUT2D eigenvalue weighted by Gasteiger charge is -2.11. The van der Waals surface area contributed by atoms with E-state index in [0.717, 1.165) is 19.6 Å². The smallest absolute Gasteiger partial charge is 0.193 e. The number of rotatable bonds is 13. The van der Waals surface area contributed by atoms with Crippen molar-refractivity contribution in [2.75, 3.05) is 24.7 Å². The predicted molar refractivity (Wildman–Crippen MR) is 178 cm³/mol. The maximum Gasteiger partial charge on any atom is 0.193 e. The SMILES string of the molecule is O=C(c1ccccc1)c1ccc(Sc2ccc([S+](c3ccc(SCCO)cc3)c3ccc(SCCO)cc3)cc2)c(F)c1. The van der Waals surface area contributed by atoms with E-state index < -0.39 is 5.82 Å². The van der Waals surface area contributed by atoms with Crippen molar-refractivity contribution in [3.63, 3.8) is 0 Å². The number of benzene rings is 5. The second kappa shape index (κ2) is 15.7. The molecule has 8 heteroatoms. The molecule has 5 rings (SSSR count). The Labute approximate surface area is 267 Å². The highest BCUT2D eigenvalue weighted by Crippen LogP contribution is 2.36. The number of aliphatic hydroxyl groups is 2. The van der Waals surface area contributed by atoms with Crippen molar-refractivity contribution in [3.8, 4) is 0 Å². The quantitative estimate of drug-likeness (QED) is 0.0761. The van der Waals surface area contributed by atoms with Gasteiger partial charge in [-0.15, -0.1) is 23.5 Å². The number of hydrogen-bond acceptors (Lipinski definition) is 6.